The lowest BCUT2D eigenvalue weighted by Crippen LogP contribution is -2.30. The number of hydrogen-bond acceptors (Lipinski definition) is 2. The standard InChI is InChI=1S/C16H24F3NO/c1-12(2)14(11-20-8-9-21-3)10-13-4-6-15(7-5-13)16(17,18)19/h4-7,12,14,20H,8-11H2,1-3H3. The van der Waals surface area contributed by atoms with Crippen LogP contribution in [0.4, 0.5) is 13.2 Å². The van der Waals surface area contributed by atoms with Crippen LogP contribution >= 0.6 is 0 Å². The zero-order chi connectivity index (χ0) is 15.9. The summed E-state index contributed by atoms with van der Waals surface area (Å²) in [5.41, 5.74) is 0.348. The summed E-state index contributed by atoms with van der Waals surface area (Å²) in [6.45, 7) is 6.54. The number of nitrogens with one attached hydrogen (secondary N) is 1. The molecule has 0 aliphatic rings. The van der Waals surface area contributed by atoms with Gasteiger partial charge in [-0.2, -0.15) is 13.2 Å². The van der Waals surface area contributed by atoms with Gasteiger partial charge in [-0.15, -0.1) is 0 Å². The normalized spacial score (nSPS) is 13.7. The van der Waals surface area contributed by atoms with Crippen LogP contribution in [0.25, 0.3) is 0 Å². The maximum absolute atomic E-state index is 12.5. The molecule has 21 heavy (non-hydrogen) atoms. The van der Waals surface area contributed by atoms with E-state index in [0.717, 1.165) is 37.2 Å². The molecule has 1 unspecified atom stereocenters. The Morgan fingerprint density at radius 1 is 1.14 bits per heavy atom. The first-order valence-corrected chi connectivity index (χ1v) is 7.20. The Hall–Kier alpha value is -1.07. The lowest BCUT2D eigenvalue weighted by molar-refractivity contribution is -0.137. The van der Waals surface area contributed by atoms with Crippen LogP contribution in [0.3, 0.4) is 0 Å². The maximum Gasteiger partial charge on any atom is 0.416 e. The minimum absolute atomic E-state index is 0.388. The summed E-state index contributed by atoms with van der Waals surface area (Å²) in [5.74, 6) is 0.848. The van der Waals surface area contributed by atoms with Crippen LogP contribution in [0.15, 0.2) is 24.3 Å². The molecule has 0 aliphatic carbocycles. The number of ether oxygens (including phenoxy) is 1. The molecular weight excluding hydrogens is 279 g/mol. The van der Waals surface area contributed by atoms with Gasteiger partial charge in [0.1, 0.15) is 0 Å². The second-order valence-corrected chi connectivity index (χ2v) is 5.60. The minimum Gasteiger partial charge on any atom is -0.383 e. The maximum atomic E-state index is 12.5. The smallest absolute Gasteiger partial charge is 0.383 e. The Kier molecular flexibility index (Phi) is 7.18. The van der Waals surface area contributed by atoms with E-state index in [0.29, 0.717) is 18.4 Å². The van der Waals surface area contributed by atoms with Gasteiger partial charge in [-0.05, 0) is 42.5 Å². The highest BCUT2D eigenvalue weighted by Gasteiger charge is 2.30. The summed E-state index contributed by atoms with van der Waals surface area (Å²) in [6.07, 6.45) is -3.49. The molecule has 0 saturated carbocycles. The molecule has 1 atom stereocenters. The fraction of sp³-hybridized carbons (Fsp3) is 0.625. The van der Waals surface area contributed by atoms with Gasteiger partial charge in [-0.25, -0.2) is 0 Å². The molecule has 1 N–H and O–H groups in total. The van der Waals surface area contributed by atoms with E-state index in [4.69, 9.17) is 4.74 Å². The highest BCUT2D eigenvalue weighted by Crippen LogP contribution is 2.29. The largest absolute Gasteiger partial charge is 0.416 e. The Labute approximate surface area is 124 Å². The third-order valence-electron chi connectivity index (χ3n) is 3.61. The predicted octanol–water partition coefficient (Wildman–Crippen LogP) is 3.76. The van der Waals surface area contributed by atoms with E-state index < -0.39 is 11.7 Å². The average Bonchev–Trinajstić information content (AvgIpc) is 2.41. The van der Waals surface area contributed by atoms with Gasteiger partial charge in [-0.3, -0.25) is 0 Å². The fourth-order valence-electron chi connectivity index (χ4n) is 2.14. The van der Waals surface area contributed by atoms with Crippen LogP contribution in [-0.4, -0.2) is 26.8 Å². The quantitative estimate of drug-likeness (QED) is 0.738. The molecule has 120 valence electrons. The lowest BCUT2D eigenvalue weighted by atomic mass is 9.89. The number of methoxy groups -OCH3 is 1. The van der Waals surface area contributed by atoms with Crippen molar-refractivity contribution in [2.45, 2.75) is 26.4 Å². The molecule has 0 spiro atoms. The van der Waals surface area contributed by atoms with Crippen molar-refractivity contribution < 1.29 is 17.9 Å². The SMILES string of the molecule is COCCNCC(Cc1ccc(C(F)(F)F)cc1)C(C)C. The summed E-state index contributed by atoms with van der Waals surface area (Å²) in [4.78, 5) is 0. The van der Waals surface area contributed by atoms with Gasteiger partial charge in [0, 0.05) is 13.7 Å². The molecule has 0 aromatic heterocycles. The predicted molar refractivity (Wildman–Crippen MR) is 78.2 cm³/mol. The molecule has 0 radical (unpaired) electrons. The second-order valence-electron chi connectivity index (χ2n) is 5.60. The molecule has 1 aromatic carbocycles. The van der Waals surface area contributed by atoms with Crippen LogP contribution in [-0.2, 0) is 17.3 Å². The third kappa shape index (κ3) is 6.48. The van der Waals surface area contributed by atoms with Gasteiger partial charge in [0.05, 0.1) is 12.2 Å². The summed E-state index contributed by atoms with van der Waals surface area (Å²) in [7, 11) is 1.66. The van der Waals surface area contributed by atoms with Crippen molar-refractivity contribution in [3.05, 3.63) is 35.4 Å². The van der Waals surface area contributed by atoms with E-state index in [2.05, 4.69) is 19.2 Å². The van der Waals surface area contributed by atoms with Crippen LogP contribution in [0.2, 0.25) is 0 Å². The molecule has 0 saturated heterocycles. The van der Waals surface area contributed by atoms with Gasteiger partial charge >= 0.3 is 6.18 Å². The monoisotopic (exact) mass is 303 g/mol. The number of halogens is 3. The Bertz CT molecular complexity index is 401. The first-order chi connectivity index (χ1) is 9.84. The van der Waals surface area contributed by atoms with Gasteiger partial charge < -0.3 is 10.1 Å². The van der Waals surface area contributed by atoms with Crippen LogP contribution in [0.1, 0.15) is 25.0 Å². The van der Waals surface area contributed by atoms with E-state index in [1.807, 2.05) is 0 Å². The van der Waals surface area contributed by atoms with Gasteiger partial charge in [0.25, 0.3) is 0 Å². The average molecular weight is 303 g/mol. The summed E-state index contributed by atoms with van der Waals surface area (Å²) in [6, 6.07) is 5.47. The zero-order valence-corrected chi connectivity index (χ0v) is 12.8. The Morgan fingerprint density at radius 2 is 1.76 bits per heavy atom. The van der Waals surface area contributed by atoms with Crippen molar-refractivity contribution in [2.75, 3.05) is 26.8 Å². The first kappa shape index (κ1) is 18.0. The zero-order valence-electron chi connectivity index (χ0n) is 12.8. The minimum atomic E-state index is -4.27. The number of rotatable bonds is 8. The van der Waals surface area contributed by atoms with Crippen molar-refractivity contribution in [1.82, 2.24) is 5.32 Å². The summed E-state index contributed by atoms with van der Waals surface area (Å²) < 4.78 is 42.6. The van der Waals surface area contributed by atoms with Gasteiger partial charge in [-0.1, -0.05) is 26.0 Å². The first-order valence-electron chi connectivity index (χ1n) is 7.20. The van der Waals surface area contributed by atoms with Gasteiger partial charge in [0.15, 0.2) is 0 Å². The second kappa shape index (κ2) is 8.39. The van der Waals surface area contributed by atoms with Crippen LogP contribution < -0.4 is 5.32 Å². The molecule has 1 rings (SSSR count). The molecule has 0 heterocycles. The number of alkyl halides is 3. The van der Waals surface area contributed by atoms with Crippen LogP contribution in [0.5, 0.6) is 0 Å². The van der Waals surface area contributed by atoms with Crippen molar-refractivity contribution in [3.63, 3.8) is 0 Å². The topological polar surface area (TPSA) is 21.3 Å². The Balaban J connectivity index is 2.58. The van der Waals surface area contributed by atoms with E-state index >= 15 is 0 Å². The number of benzene rings is 1. The van der Waals surface area contributed by atoms with Crippen molar-refractivity contribution in [2.24, 2.45) is 11.8 Å². The molecule has 1 aromatic rings. The van der Waals surface area contributed by atoms with Crippen molar-refractivity contribution in [3.8, 4) is 0 Å². The molecule has 2 nitrogen and oxygen atoms in total. The summed E-state index contributed by atoms with van der Waals surface area (Å²) in [5, 5.41) is 3.32. The third-order valence-corrected chi connectivity index (χ3v) is 3.61. The lowest BCUT2D eigenvalue weighted by Gasteiger charge is -2.21. The molecule has 0 fully saturated rings. The van der Waals surface area contributed by atoms with Crippen molar-refractivity contribution >= 4 is 0 Å². The fourth-order valence-corrected chi connectivity index (χ4v) is 2.14. The van der Waals surface area contributed by atoms with Crippen LogP contribution in [0, 0.1) is 11.8 Å². The van der Waals surface area contributed by atoms with E-state index in [9.17, 15) is 13.2 Å². The Morgan fingerprint density at radius 3 is 2.24 bits per heavy atom. The molecule has 0 bridgehead atoms. The highest BCUT2D eigenvalue weighted by atomic mass is 19.4. The molecule has 5 heteroatoms. The van der Waals surface area contributed by atoms with E-state index in [1.165, 1.54) is 0 Å². The highest BCUT2D eigenvalue weighted by molar-refractivity contribution is 5.25. The van der Waals surface area contributed by atoms with E-state index in [1.54, 1.807) is 19.2 Å². The van der Waals surface area contributed by atoms with E-state index in [-0.39, 0.29) is 0 Å². The molecular formula is C16H24F3NO. The molecule has 0 aliphatic heterocycles. The molecule has 0 amide bonds. The van der Waals surface area contributed by atoms with Crippen molar-refractivity contribution in [1.29, 1.82) is 0 Å². The number of hydrogen-bond donors (Lipinski definition) is 1. The van der Waals surface area contributed by atoms with Gasteiger partial charge in [0.2, 0.25) is 0 Å². The summed E-state index contributed by atoms with van der Waals surface area (Å²) >= 11 is 0.